The van der Waals surface area contributed by atoms with Gasteiger partial charge in [-0.05, 0) is 44.0 Å². The summed E-state index contributed by atoms with van der Waals surface area (Å²) >= 11 is 5.90. The van der Waals surface area contributed by atoms with Crippen LogP contribution in [0.2, 0.25) is 5.02 Å². The number of guanidine groups is 1. The summed E-state index contributed by atoms with van der Waals surface area (Å²) in [5.74, 6) is 1.81. The number of hydrogen-bond donors (Lipinski definition) is 2. The van der Waals surface area contributed by atoms with E-state index in [0.717, 1.165) is 50.7 Å². The summed E-state index contributed by atoms with van der Waals surface area (Å²) in [6, 6.07) is 7.80. The Morgan fingerprint density at radius 1 is 1.24 bits per heavy atom. The molecule has 29 heavy (non-hydrogen) atoms. The van der Waals surface area contributed by atoms with E-state index in [1.165, 1.54) is 0 Å². The molecule has 1 aliphatic carbocycles. The third-order valence-corrected chi connectivity index (χ3v) is 5.14. The number of carbonyl (C=O) groups is 1. The van der Waals surface area contributed by atoms with Crippen LogP contribution in [0.3, 0.4) is 0 Å². The molecule has 0 radical (unpaired) electrons. The SMILES string of the molecule is CN=C(NCC(C)Oc1ccc(Cl)cc1)N1CCN(CC(=O)NC2CC2)CC1.I. The number of carbonyl (C=O) groups excluding carboxylic acids is 1. The third-order valence-electron chi connectivity index (χ3n) is 4.89. The highest BCUT2D eigenvalue weighted by Crippen LogP contribution is 2.18. The molecule has 1 saturated carbocycles. The van der Waals surface area contributed by atoms with E-state index in [0.29, 0.717) is 24.2 Å². The van der Waals surface area contributed by atoms with Gasteiger partial charge in [-0.3, -0.25) is 14.7 Å². The van der Waals surface area contributed by atoms with E-state index >= 15 is 0 Å². The van der Waals surface area contributed by atoms with Crippen molar-refractivity contribution >= 4 is 47.4 Å². The molecule has 3 rings (SSSR count). The van der Waals surface area contributed by atoms with Gasteiger partial charge in [-0.1, -0.05) is 11.6 Å². The zero-order valence-corrected chi connectivity index (χ0v) is 20.2. The molecular weight excluding hydrogens is 505 g/mol. The molecule has 1 heterocycles. The standard InChI is InChI=1S/C20H30ClN5O2.HI/c1-15(28-18-7-3-16(21)4-8-18)13-23-20(22-2)26-11-9-25(10-12-26)14-19(27)24-17-5-6-17;/h3-4,7-8,15,17H,5-6,9-14H2,1-2H3,(H,22,23)(H,24,27);1H. The van der Waals surface area contributed by atoms with Crippen LogP contribution in [0.4, 0.5) is 0 Å². The topological polar surface area (TPSA) is 69.2 Å². The number of benzene rings is 1. The Kier molecular flexibility index (Phi) is 9.78. The molecule has 0 spiro atoms. The maximum absolute atomic E-state index is 12.0. The molecule has 1 atom stereocenters. The molecule has 1 aromatic carbocycles. The average molecular weight is 536 g/mol. The van der Waals surface area contributed by atoms with Crippen molar-refractivity contribution in [1.82, 2.24) is 20.4 Å². The Hall–Kier alpha value is -1.26. The highest BCUT2D eigenvalue weighted by atomic mass is 127. The minimum absolute atomic E-state index is 0. The fourth-order valence-electron chi connectivity index (χ4n) is 3.18. The van der Waals surface area contributed by atoms with Gasteiger partial charge in [-0.15, -0.1) is 24.0 Å². The lowest BCUT2D eigenvalue weighted by molar-refractivity contribution is -0.122. The average Bonchev–Trinajstić information content (AvgIpc) is 3.49. The van der Waals surface area contributed by atoms with Crippen LogP contribution in [0.15, 0.2) is 29.3 Å². The smallest absolute Gasteiger partial charge is 0.234 e. The zero-order valence-electron chi connectivity index (χ0n) is 17.1. The number of ether oxygens (including phenoxy) is 1. The minimum Gasteiger partial charge on any atom is -0.489 e. The van der Waals surface area contributed by atoms with E-state index in [9.17, 15) is 4.79 Å². The van der Waals surface area contributed by atoms with Crippen LogP contribution < -0.4 is 15.4 Å². The van der Waals surface area contributed by atoms with Gasteiger partial charge in [-0.2, -0.15) is 0 Å². The van der Waals surface area contributed by atoms with Crippen molar-refractivity contribution in [2.24, 2.45) is 4.99 Å². The van der Waals surface area contributed by atoms with Gasteiger partial charge in [0.1, 0.15) is 11.9 Å². The Morgan fingerprint density at radius 3 is 2.48 bits per heavy atom. The second kappa shape index (κ2) is 11.8. The number of nitrogens with one attached hydrogen (secondary N) is 2. The first-order valence-electron chi connectivity index (χ1n) is 9.93. The molecule has 162 valence electrons. The van der Waals surface area contributed by atoms with Crippen molar-refractivity contribution in [3.8, 4) is 5.75 Å². The fourth-order valence-corrected chi connectivity index (χ4v) is 3.30. The molecule has 1 amide bonds. The van der Waals surface area contributed by atoms with E-state index < -0.39 is 0 Å². The second-order valence-corrected chi connectivity index (χ2v) is 7.85. The number of halogens is 2. The lowest BCUT2D eigenvalue weighted by Crippen LogP contribution is -2.54. The van der Waals surface area contributed by atoms with Crippen LogP contribution in [0.25, 0.3) is 0 Å². The van der Waals surface area contributed by atoms with Crippen LogP contribution >= 0.6 is 35.6 Å². The summed E-state index contributed by atoms with van der Waals surface area (Å²) in [5.41, 5.74) is 0. The van der Waals surface area contributed by atoms with Crippen LogP contribution in [-0.2, 0) is 4.79 Å². The molecule has 9 heteroatoms. The van der Waals surface area contributed by atoms with Gasteiger partial charge in [0.15, 0.2) is 5.96 Å². The summed E-state index contributed by atoms with van der Waals surface area (Å²) in [7, 11) is 1.79. The highest BCUT2D eigenvalue weighted by Gasteiger charge is 2.26. The van der Waals surface area contributed by atoms with Gasteiger partial charge in [0.05, 0.1) is 13.1 Å². The third kappa shape index (κ3) is 8.18. The Bertz CT molecular complexity index is 676. The van der Waals surface area contributed by atoms with Gasteiger partial charge in [-0.25, -0.2) is 0 Å². The first-order chi connectivity index (χ1) is 13.5. The molecular formula is C20H31ClIN5O2. The van der Waals surface area contributed by atoms with Gasteiger partial charge in [0.2, 0.25) is 5.91 Å². The number of aliphatic imine (C=N–C) groups is 1. The number of nitrogens with zero attached hydrogens (tertiary/aromatic N) is 3. The maximum Gasteiger partial charge on any atom is 0.234 e. The van der Waals surface area contributed by atoms with Crippen LogP contribution in [0, 0.1) is 0 Å². The van der Waals surface area contributed by atoms with Crippen molar-refractivity contribution in [2.75, 3.05) is 46.3 Å². The summed E-state index contributed by atoms with van der Waals surface area (Å²) in [4.78, 5) is 20.8. The number of amides is 1. The summed E-state index contributed by atoms with van der Waals surface area (Å²) in [6.07, 6.45) is 2.24. The van der Waals surface area contributed by atoms with E-state index in [-0.39, 0.29) is 36.0 Å². The summed E-state index contributed by atoms with van der Waals surface area (Å²) < 4.78 is 5.90. The highest BCUT2D eigenvalue weighted by molar-refractivity contribution is 14.0. The summed E-state index contributed by atoms with van der Waals surface area (Å²) in [5, 5.41) is 7.14. The molecule has 0 bridgehead atoms. The zero-order chi connectivity index (χ0) is 19.9. The first-order valence-corrected chi connectivity index (χ1v) is 10.3. The monoisotopic (exact) mass is 535 g/mol. The van der Waals surface area contributed by atoms with Crippen molar-refractivity contribution in [3.05, 3.63) is 29.3 Å². The Morgan fingerprint density at radius 2 is 1.90 bits per heavy atom. The maximum atomic E-state index is 12.0. The number of hydrogen-bond acceptors (Lipinski definition) is 4. The Balaban J connectivity index is 0.00000300. The van der Waals surface area contributed by atoms with Gasteiger partial charge < -0.3 is 20.3 Å². The molecule has 7 nitrogen and oxygen atoms in total. The quantitative estimate of drug-likeness (QED) is 0.318. The van der Waals surface area contributed by atoms with Crippen molar-refractivity contribution in [1.29, 1.82) is 0 Å². The van der Waals surface area contributed by atoms with Crippen molar-refractivity contribution < 1.29 is 9.53 Å². The molecule has 2 aliphatic rings. The molecule has 2 fully saturated rings. The van der Waals surface area contributed by atoms with Gasteiger partial charge in [0, 0.05) is 44.3 Å². The first kappa shape index (κ1) is 24.0. The van der Waals surface area contributed by atoms with Gasteiger partial charge >= 0.3 is 0 Å². The fraction of sp³-hybridized carbons (Fsp3) is 0.600. The van der Waals surface area contributed by atoms with E-state index in [1.807, 2.05) is 31.2 Å². The number of rotatable bonds is 7. The van der Waals surface area contributed by atoms with E-state index in [1.54, 1.807) is 7.05 Å². The molecule has 1 saturated heterocycles. The van der Waals surface area contributed by atoms with E-state index in [2.05, 4.69) is 25.4 Å². The largest absolute Gasteiger partial charge is 0.489 e. The predicted molar refractivity (Wildman–Crippen MR) is 127 cm³/mol. The predicted octanol–water partition coefficient (Wildman–Crippen LogP) is 2.20. The number of piperazine rings is 1. The lowest BCUT2D eigenvalue weighted by Gasteiger charge is -2.36. The van der Waals surface area contributed by atoms with Crippen LogP contribution in [-0.4, -0.2) is 80.1 Å². The Labute approximate surface area is 195 Å². The van der Waals surface area contributed by atoms with E-state index in [4.69, 9.17) is 16.3 Å². The summed E-state index contributed by atoms with van der Waals surface area (Å²) in [6.45, 7) is 6.57. The molecule has 1 aliphatic heterocycles. The normalized spacial score (nSPS) is 18.6. The van der Waals surface area contributed by atoms with Crippen molar-refractivity contribution in [2.45, 2.75) is 31.9 Å². The van der Waals surface area contributed by atoms with Gasteiger partial charge in [0.25, 0.3) is 0 Å². The minimum atomic E-state index is -0.00895. The molecule has 0 aromatic heterocycles. The lowest BCUT2D eigenvalue weighted by atomic mass is 10.3. The molecule has 1 aromatic rings. The molecule has 1 unspecified atom stereocenters. The second-order valence-electron chi connectivity index (χ2n) is 7.42. The molecule has 2 N–H and O–H groups in total. The van der Waals surface area contributed by atoms with Crippen molar-refractivity contribution in [3.63, 3.8) is 0 Å². The van der Waals surface area contributed by atoms with Crippen LogP contribution in [0.1, 0.15) is 19.8 Å². The van der Waals surface area contributed by atoms with Crippen LogP contribution in [0.5, 0.6) is 5.75 Å².